The lowest BCUT2D eigenvalue weighted by molar-refractivity contribution is -0.118. The molecule has 1 rings (SSSR count). The third-order valence-corrected chi connectivity index (χ3v) is 3.48. The van der Waals surface area contributed by atoms with E-state index in [4.69, 9.17) is 17.3 Å². The smallest absolute Gasteiger partial charge is 0.232 e. The van der Waals surface area contributed by atoms with Crippen molar-refractivity contribution in [3.63, 3.8) is 0 Å². The lowest BCUT2D eigenvalue weighted by Gasteiger charge is -2.06. The highest BCUT2D eigenvalue weighted by atomic mass is 35.5. The summed E-state index contributed by atoms with van der Waals surface area (Å²) in [6.45, 7) is 2.32. The summed E-state index contributed by atoms with van der Waals surface area (Å²) in [5.74, 6) is -0.338. The van der Waals surface area contributed by atoms with E-state index in [9.17, 15) is 9.00 Å². The molecule has 0 spiro atoms. The van der Waals surface area contributed by atoms with Crippen LogP contribution in [0.25, 0.3) is 0 Å². The van der Waals surface area contributed by atoms with Crippen LogP contribution < -0.4 is 11.1 Å². The summed E-state index contributed by atoms with van der Waals surface area (Å²) >= 11 is 5.72. The van der Waals surface area contributed by atoms with Gasteiger partial charge in [0.2, 0.25) is 5.91 Å². The molecular weight excluding hydrogens is 248 g/mol. The van der Waals surface area contributed by atoms with Crippen molar-refractivity contribution in [2.45, 2.75) is 11.8 Å². The van der Waals surface area contributed by atoms with Gasteiger partial charge < -0.3 is 11.1 Å². The Morgan fingerprint density at radius 2 is 2.25 bits per heavy atom. The van der Waals surface area contributed by atoms with E-state index in [0.29, 0.717) is 22.2 Å². The Hall–Kier alpha value is -1.07. The molecule has 0 saturated heterocycles. The van der Waals surface area contributed by atoms with Gasteiger partial charge in [-0.2, -0.15) is 0 Å². The first-order chi connectivity index (χ1) is 7.54. The molecule has 88 valence electrons. The number of carbonyl (C=O) groups excluding carboxylic acids is 1. The van der Waals surface area contributed by atoms with Gasteiger partial charge in [0.25, 0.3) is 0 Å². The van der Waals surface area contributed by atoms with Crippen LogP contribution in [0.4, 0.5) is 5.69 Å². The molecule has 0 aliphatic carbocycles. The fourth-order valence-electron chi connectivity index (χ4n) is 1.17. The van der Waals surface area contributed by atoms with Gasteiger partial charge in [0.05, 0.1) is 15.7 Å². The summed E-state index contributed by atoms with van der Waals surface area (Å²) in [6.07, 6.45) is 0. The number of nitrogens with two attached hydrogens (primary N) is 1. The molecule has 0 saturated carbocycles. The standard InChI is InChI=1S/C10H13ClN2O2S/c1-2-13-10(14)6-16(15)9-4-3-7(11)5-8(9)12/h3-5H,2,6,12H2,1H3,(H,13,14). The van der Waals surface area contributed by atoms with Crippen molar-refractivity contribution in [1.29, 1.82) is 0 Å². The van der Waals surface area contributed by atoms with Gasteiger partial charge in [-0.25, -0.2) is 0 Å². The number of anilines is 1. The fraction of sp³-hybridized carbons (Fsp3) is 0.300. The highest BCUT2D eigenvalue weighted by Crippen LogP contribution is 2.21. The predicted molar refractivity (Wildman–Crippen MR) is 65.8 cm³/mol. The molecule has 0 fully saturated rings. The molecule has 1 unspecified atom stereocenters. The second-order valence-electron chi connectivity index (χ2n) is 3.13. The van der Waals surface area contributed by atoms with E-state index in [2.05, 4.69) is 5.32 Å². The minimum absolute atomic E-state index is 0.0837. The number of nitrogens with one attached hydrogen (secondary N) is 1. The molecule has 3 N–H and O–H groups in total. The maximum atomic E-state index is 11.8. The van der Waals surface area contributed by atoms with Crippen molar-refractivity contribution >= 4 is 34.0 Å². The quantitative estimate of drug-likeness (QED) is 0.798. The predicted octanol–water partition coefficient (Wildman–Crippen LogP) is 1.17. The molecular formula is C10H13ClN2O2S. The van der Waals surface area contributed by atoms with Gasteiger partial charge in [0.1, 0.15) is 5.75 Å². The van der Waals surface area contributed by atoms with Crippen molar-refractivity contribution in [2.75, 3.05) is 18.0 Å². The van der Waals surface area contributed by atoms with Crippen molar-refractivity contribution in [3.05, 3.63) is 23.2 Å². The number of hydrogen-bond donors (Lipinski definition) is 2. The zero-order valence-corrected chi connectivity index (χ0v) is 10.4. The molecule has 0 aliphatic rings. The Morgan fingerprint density at radius 3 is 2.81 bits per heavy atom. The average Bonchev–Trinajstić information content (AvgIpc) is 2.17. The van der Waals surface area contributed by atoms with Crippen LogP contribution in [0.15, 0.2) is 23.1 Å². The second kappa shape index (κ2) is 5.86. The van der Waals surface area contributed by atoms with Crippen LogP contribution in [0.3, 0.4) is 0 Å². The molecule has 1 aromatic rings. The number of halogens is 1. The minimum atomic E-state index is -1.43. The van der Waals surface area contributed by atoms with E-state index >= 15 is 0 Å². The average molecular weight is 261 g/mol. The van der Waals surface area contributed by atoms with Crippen molar-refractivity contribution in [2.24, 2.45) is 0 Å². The second-order valence-corrected chi connectivity index (χ2v) is 4.98. The van der Waals surface area contributed by atoms with Crippen LogP contribution in [-0.4, -0.2) is 22.4 Å². The summed E-state index contributed by atoms with van der Waals surface area (Å²) in [6, 6.07) is 4.70. The van der Waals surface area contributed by atoms with Crippen molar-refractivity contribution in [3.8, 4) is 0 Å². The van der Waals surface area contributed by atoms with Gasteiger partial charge in [-0.3, -0.25) is 9.00 Å². The minimum Gasteiger partial charge on any atom is -0.398 e. The number of nitrogen functional groups attached to an aromatic ring is 1. The molecule has 16 heavy (non-hydrogen) atoms. The third kappa shape index (κ3) is 3.50. The SMILES string of the molecule is CCNC(=O)CS(=O)c1ccc(Cl)cc1N. The van der Waals surface area contributed by atoms with Crippen molar-refractivity contribution < 1.29 is 9.00 Å². The van der Waals surface area contributed by atoms with Gasteiger partial charge in [0, 0.05) is 17.3 Å². The number of benzene rings is 1. The van der Waals surface area contributed by atoms with Crippen LogP contribution in [0.5, 0.6) is 0 Å². The number of rotatable bonds is 4. The van der Waals surface area contributed by atoms with Gasteiger partial charge in [0.15, 0.2) is 0 Å². The van der Waals surface area contributed by atoms with Crippen molar-refractivity contribution in [1.82, 2.24) is 5.32 Å². The molecule has 0 aromatic heterocycles. The molecule has 0 aliphatic heterocycles. The summed E-state index contributed by atoms with van der Waals surface area (Å²) in [5, 5.41) is 3.06. The zero-order chi connectivity index (χ0) is 12.1. The highest BCUT2D eigenvalue weighted by Gasteiger charge is 2.12. The number of amides is 1. The molecule has 1 aromatic carbocycles. The molecule has 0 heterocycles. The largest absolute Gasteiger partial charge is 0.398 e. The summed E-state index contributed by atoms with van der Waals surface area (Å²) in [7, 11) is -1.43. The van der Waals surface area contributed by atoms with E-state index < -0.39 is 10.8 Å². The van der Waals surface area contributed by atoms with E-state index in [1.807, 2.05) is 0 Å². The summed E-state index contributed by atoms with van der Waals surface area (Å²) < 4.78 is 11.8. The monoisotopic (exact) mass is 260 g/mol. The maximum Gasteiger partial charge on any atom is 0.232 e. The number of carbonyl (C=O) groups is 1. The lowest BCUT2D eigenvalue weighted by Crippen LogP contribution is -2.28. The Bertz CT molecular complexity index is 423. The van der Waals surface area contributed by atoms with E-state index in [1.54, 1.807) is 19.1 Å². The molecule has 1 atom stereocenters. The Kier molecular flexibility index (Phi) is 4.76. The zero-order valence-electron chi connectivity index (χ0n) is 8.83. The van der Waals surface area contributed by atoms with Crippen LogP contribution in [-0.2, 0) is 15.6 Å². The first-order valence-electron chi connectivity index (χ1n) is 4.74. The highest BCUT2D eigenvalue weighted by molar-refractivity contribution is 7.86. The molecule has 4 nitrogen and oxygen atoms in total. The Morgan fingerprint density at radius 1 is 1.56 bits per heavy atom. The summed E-state index contributed by atoms with van der Waals surface area (Å²) in [4.78, 5) is 11.7. The van der Waals surface area contributed by atoms with Crippen LogP contribution in [0.2, 0.25) is 5.02 Å². The summed E-state index contributed by atoms with van der Waals surface area (Å²) in [5.41, 5.74) is 6.01. The normalized spacial score (nSPS) is 12.1. The topological polar surface area (TPSA) is 72.2 Å². The van der Waals surface area contributed by atoms with Gasteiger partial charge in [-0.05, 0) is 25.1 Å². The van der Waals surface area contributed by atoms with Gasteiger partial charge >= 0.3 is 0 Å². The molecule has 0 radical (unpaired) electrons. The Labute approximate surface area is 102 Å². The van der Waals surface area contributed by atoms with E-state index in [0.717, 1.165) is 0 Å². The van der Waals surface area contributed by atoms with Crippen LogP contribution >= 0.6 is 11.6 Å². The first-order valence-corrected chi connectivity index (χ1v) is 6.44. The Balaban J connectivity index is 2.77. The van der Waals surface area contributed by atoms with E-state index in [1.165, 1.54) is 6.07 Å². The molecule has 0 bridgehead atoms. The van der Waals surface area contributed by atoms with Gasteiger partial charge in [-0.15, -0.1) is 0 Å². The number of hydrogen-bond acceptors (Lipinski definition) is 3. The maximum absolute atomic E-state index is 11.8. The first kappa shape index (κ1) is 13.0. The van der Waals surface area contributed by atoms with Crippen LogP contribution in [0, 0.1) is 0 Å². The fourth-order valence-corrected chi connectivity index (χ4v) is 2.39. The molecule has 6 heteroatoms. The van der Waals surface area contributed by atoms with E-state index in [-0.39, 0.29) is 11.7 Å². The third-order valence-electron chi connectivity index (χ3n) is 1.85. The van der Waals surface area contributed by atoms with Gasteiger partial charge in [-0.1, -0.05) is 11.6 Å². The lowest BCUT2D eigenvalue weighted by atomic mass is 10.3. The molecule has 1 amide bonds. The van der Waals surface area contributed by atoms with Crippen LogP contribution in [0.1, 0.15) is 6.92 Å².